The van der Waals surface area contributed by atoms with Gasteiger partial charge >= 0.3 is 0 Å². The van der Waals surface area contributed by atoms with Crippen LogP contribution in [0.2, 0.25) is 0 Å². The van der Waals surface area contributed by atoms with Crippen LogP contribution in [0.3, 0.4) is 0 Å². The molecule has 0 bridgehead atoms. The average Bonchev–Trinajstić information content (AvgIpc) is 2.58. The summed E-state index contributed by atoms with van der Waals surface area (Å²) >= 11 is 0. The summed E-state index contributed by atoms with van der Waals surface area (Å²) in [5, 5.41) is 3.02. The van der Waals surface area contributed by atoms with Crippen LogP contribution in [0, 0.1) is 5.92 Å². The fourth-order valence-electron chi connectivity index (χ4n) is 2.24. The lowest BCUT2D eigenvalue weighted by molar-refractivity contribution is 0.454. The van der Waals surface area contributed by atoms with Gasteiger partial charge in [-0.3, -0.25) is 4.99 Å². The minimum absolute atomic E-state index is 0. The number of hydrogen-bond donors (Lipinski definition) is 3. The lowest BCUT2D eigenvalue weighted by Crippen LogP contribution is -2.39. The summed E-state index contributed by atoms with van der Waals surface area (Å²) in [4.78, 5) is 4.28. The van der Waals surface area contributed by atoms with Crippen LogP contribution in [0.4, 0.5) is 0 Å². The topological polar surface area (TPSA) is 96.6 Å². The van der Waals surface area contributed by atoms with Crippen molar-refractivity contribution in [3.63, 3.8) is 0 Å². The third-order valence-corrected chi connectivity index (χ3v) is 3.69. The van der Waals surface area contributed by atoms with Crippen molar-refractivity contribution < 1.29 is 8.42 Å². The Bertz CT molecular complexity index is 397. The van der Waals surface area contributed by atoms with Gasteiger partial charge in [-0.1, -0.05) is 6.42 Å². The van der Waals surface area contributed by atoms with Crippen molar-refractivity contribution in [3.8, 4) is 0 Å². The predicted molar refractivity (Wildman–Crippen MR) is 89.3 cm³/mol. The summed E-state index contributed by atoms with van der Waals surface area (Å²) in [6, 6.07) is 0.248. The molecular weight excluding hydrogens is 379 g/mol. The Morgan fingerprint density at radius 1 is 1.42 bits per heavy atom. The summed E-state index contributed by atoms with van der Waals surface area (Å²) in [7, 11) is -3.14. The van der Waals surface area contributed by atoms with Crippen LogP contribution in [0.15, 0.2) is 4.99 Å². The van der Waals surface area contributed by atoms with Crippen molar-refractivity contribution in [3.05, 3.63) is 0 Å². The van der Waals surface area contributed by atoms with E-state index in [1.165, 1.54) is 6.26 Å². The minimum Gasteiger partial charge on any atom is -0.370 e. The number of nitrogens with zero attached hydrogens (tertiary/aromatic N) is 1. The number of hydrogen-bond acceptors (Lipinski definition) is 3. The molecule has 0 aliphatic heterocycles. The highest BCUT2D eigenvalue weighted by Crippen LogP contribution is 2.26. The van der Waals surface area contributed by atoms with Crippen LogP contribution < -0.4 is 15.8 Å². The van der Waals surface area contributed by atoms with E-state index in [9.17, 15) is 8.42 Å². The minimum atomic E-state index is -3.14. The Balaban J connectivity index is 0.00000324. The zero-order chi connectivity index (χ0) is 13.8. The fourth-order valence-corrected chi connectivity index (χ4v) is 3.10. The zero-order valence-corrected chi connectivity index (χ0v) is 14.9. The molecule has 0 heterocycles. The molecule has 19 heavy (non-hydrogen) atoms. The van der Waals surface area contributed by atoms with Gasteiger partial charge in [0.15, 0.2) is 5.96 Å². The molecule has 2 atom stereocenters. The Morgan fingerprint density at radius 2 is 2.05 bits per heavy atom. The molecule has 1 rings (SSSR count). The molecule has 0 saturated heterocycles. The second kappa shape index (κ2) is 8.25. The maximum atomic E-state index is 11.2. The highest BCUT2D eigenvalue weighted by Gasteiger charge is 2.29. The summed E-state index contributed by atoms with van der Waals surface area (Å²) in [5.41, 5.74) is 5.73. The molecule has 8 heteroatoms. The Hall–Kier alpha value is -0.0900. The number of guanidine groups is 1. The molecule has 0 radical (unpaired) electrons. The molecule has 1 fully saturated rings. The van der Waals surface area contributed by atoms with Gasteiger partial charge in [0.2, 0.25) is 10.0 Å². The first kappa shape index (κ1) is 18.9. The Kier molecular flexibility index (Phi) is 8.21. The molecule has 0 aromatic heterocycles. The van der Waals surface area contributed by atoms with Gasteiger partial charge in [0.05, 0.1) is 6.26 Å². The van der Waals surface area contributed by atoms with Crippen molar-refractivity contribution in [1.82, 2.24) is 10.0 Å². The van der Waals surface area contributed by atoms with Crippen LogP contribution in [-0.4, -0.2) is 39.3 Å². The van der Waals surface area contributed by atoms with Crippen molar-refractivity contribution in [2.24, 2.45) is 16.6 Å². The number of sulfonamides is 1. The molecule has 0 spiro atoms. The van der Waals surface area contributed by atoms with Gasteiger partial charge in [-0.25, -0.2) is 13.1 Å². The number of halogens is 1. The van der Waals surface area contributed by atoms with E-state index >= 15 is 0 Å². The maximum absolute atomic E-state index is 11.2. The molecule has 0 aromatic carbocycles. The first-order valence-electron chi connectivity index (χ1n) is 6.31. The molecule has 114 valence electrons. The first-order chi connectivity index (χ1) is 8.28. The van der Waals surface area contributed by atoms with Crippen LogP contribution >= 0.6 is 24.0 Å². The molecule has 1 saturated carbocycles. The number of nitrogens with one attached hydrogen (secondary N) is 2. The number of rotatable bonds is 5. The standard InChI is InChI=1S/C11H24N4O2S.HI/c1-8(2)14-11(12)13-7-9-5-4-6-10(9)15-18(3,16)17;/h8-10,15H,4-7H2,1-3H3,(H3,12,13,14);1H. The van der Waals surface area contributed by atoms with E-state index in [-0.39, 0.29) is 42.0 Å². The van der Waals surface area contributed by atoms with E-state index in [2.05, 4.69) is 15.0 Å². The normalized spacial score (nSPS) is 24.3. The monoisotopic (exact) mass is 404 g/mol. The van der Waals surface area contributed by atoms with Crippen LogP contribution in [-0.2, 0) is 10.0 Å². The SMILES string of the molecule is CC(C)NC(N)=NCC1CCCC1NS(C)(=O)=O.I. The molecule has 0 amide bonds. The highest BCUT2D eigenvalue weighted by atomic mass is 127. The number of aliphatic imine (C=N–C) groups is 1. The molecule has 4 N–H and O–H groups in total. The van der Waals surface area contributed by atoms with Crippen LogP contribution in [0.5, 0.6) is 0 Å². The van der Waals surface area contributed by atoms with E-state index in [0.29, 0.717) is 12.5 Å². The summed E-state index contributed by atoms with van der Waals surface area (Å²) in [6.45, 7) is 4.55. The van der Waals surface area contributed by atoms with E-state index in [1.807, 2.05) is 13.8 Å². The lowest BCUT2D eigenvalue weighted by Gasteiger charge is -2.18. The molecule has 0 aromatic rings. The van der Waals surface area contributed by atoms with Crippen molar-refractivity contribution in [2.75, 3.05) is 12.8 Å². The van der Waals surface area contributed by atoms with Crippen LogP contribution in [0.1, 0.15) is 33.1 Å². The van der Waals surface area contributed by atoms with E-state index < -0.39 is 10.0 Å². The Labute approximate surface area is 133 Å². The third-order valence-electron chi connectivity index (χ3n) is 2.96. The summed E-state index contributed by atoms with van der Waals surface area (Å²) in [5.74, 6) is 0.669. The van der Waals surface area contributed by atoms with Gasteiger partial charge in [0.1, 0.15) is 0 Å². The smallest absolute Gasteiger partial charge is 0.208 e. The van der Waals surface area contributed by atoms with Gasteiger partial charge in [-0.2, -0.15) is 0 Å². The average molecular weight is 404 g/mol. The highest BCUT2D eigenvalue weighted by molar-refractivity contribution is 14.0. The van der Waals surface area contributed by atoms with Gasteiger partial charge in [-0.05, 0) is 32.6 Å². The first-order valence-corrected chi connectivity index (χ1v) is 8.21. The van der Waals surface area contributed by atoms with E-state index in [4.69, 9.17) is 5.73 Å². The van der Waals surface area contributed by atoms with E-state index in [0.717, 1.165) is 19.3 Å². The largest absolute Gasteiger partial charge is 0.370 e. The second-order valence-corrected chi connectivity index (χ2v) is 6.99. The van der Waals surface area contributed by atoms with Crippen molar-refractivity contribution >= 4 is 40.0 Å². The Morgan fingerprint density at radius 3 is 2.58 bits per heavy atom. The lowest BCUT2D eigenvalue weighted by atomic mass is 10.1. The predicted octanol–water partition coefficient (Wildman–Crippen LogP) is 0.635. The summed E-state index contributed by atoms with van der Waals surface area (Å²) < 4.78 is 25.1. The van der Waals surface area contributed by atoms with Crippen molar-refractivity contribution in [1.29, 1.82) is 0 Å². The quantitative estimate of drug-likeness (QED) is 0.356. The van der Waals surface area contributed by atoms with Gasteiger partial charge < -0.3 is 11.1 Å². The van der Waals surface area contributed by atoms with Crippen molar-refractivity contribution in [2.45, 2.75) is 45.2 Å². The van der Waals surface area contributed by atoms with E-state index in [1.54, 1.807) is 0 Å². The molecular formula is C11H25IN4O2S. The maximum Gasteiger partial charge on any atom is 0.208 e. The third kappa shape index (κ3) is 7.93. The van der Waals surface area contributed by atoms with Crippen LogP contribution in [0.25, 0.3) is 0 Å². The van der Waals surface area contributed by atoms with Gasteiger partial charge in [0.25, 0.3) is 0 Å². The molecule has 1 aliphatic carbocycles. The zero-order valence-electron chi connectivity index (χ0n) is 11.7. The molecule has 2 unspecified atom stereocenters. The second-order valence-electron chi connectivity index (χ2n) is 5.21. The summed E-state index contributed by atoms with van der Waals surface area (Å²) in [6.07, 6.45) is 4.10. The van der Waals surface area contributed by atoms with Gasteiger partial charge in [-0.15, -0.1) is 24.0 Å². The fraction of sp³-hybridized carbons (Fsp3) is 0.909. The molecule has 1 aliphatic rings. The molecule has 6 nitrogen and oxygen atoms in total. The van der Waals surface area contributed by atoms with Gasteiger partial charge in [0, 0.05) is 18.6 Å². The number of nitrogens with two attached hydrogens (primary N) is 1.